The van der Waals surface area contributed by atoms with Gasteiger partial charge in [0.15, 0.2) is 0 Å². The van der Waals surface area contributed by atoms with Crippen LogP contribution >= 0.6 is 0 Å². The lowest BCUT2D eigenvalue weighted by Crippen LogP contribution is -2.43. The van der Waals surface area contributed by atoms with Crippen LogP contribution in [0.15, 0.2) is 0 Å². The Hall–Kier alpha value is -2.69. The van der Waals surface area contributed by atoms with Crippen LogP contribution in [0.2, 0.25) is 0 Å². The zero-order valence-electron chi connectivity index (χ0n) is 18.1. The van der Waals surface area contributed by atoms with Gasteiger partial charge in [-0.05, 0) is 27.7 Å². The highest BCUT2D eigenvalue weighted by molar-refractivity contribution is 5.86. The number of carbonyl (C=O) groups excluding carboxylic acids is 5. The third-order valence-electron chi connectivity index (χ3n) is 3.56. The number of carbonyl (C=O) groups is 5. The first-order valence-corrected chi connectivity index (χ1v) is 9.89. The van der Waals surface area contributed by atoms with Crippen LogP contribution in [-0.4, -0.2) is 98.7 Å². The molecule has 0 aliphatic carbocycles. The number of amides is 1. The van der Waals surface area contributed by atoms with Crippen molar-refractivity contribution in [3.05, 3.63) is 0 Å². The minimum Gasteiger partial charge on any atom is -0.465 e. The van der Waals surface area contributed by atoms with E-state index in [1.165, 1.54) is 4.90 Å². The van der Waals surface area contributed by atoms with E-state index in [9.17, 15) is 24.0 Å². The molecule has 11 nitrogen and oxygen atoms in total. The maximum absolute atomic E-state index is 12.6. The Morgan fingerprint density at radius 1 is 0.567 bits per heavy atom. The molecule has 0 spiro atoms. The van der Waals surface area contributed by atoms with Gasteiger partial charge in [-0.1, -0.05) is 0 Å². The third kappa shape index (κ3) is 12.7. The summed E-state index contributed by atoms with van der Waals surface area (Å²) in [6, 6.07) is 0. The molecule has 0 aliphatic rings. The summed E-state index contributed by atoms with van der Waals surface area (Å²) >= 11 is 0. The standard InChI is InChI=1S/C19H32N2O9/c1-5-27-16(23)11-20(12-17(24)28-6-2)10-9-15(22)21(13-18(25)29-7-3)14-19(26)30-8-4/h5-14H2,1-4H3. The third-order valence-corrected chi connectivity index (χ3v) is 3.56. The molecule has 0 atom stereocenters. The van der Waals surface area contributed by atoms with E-state index in [1.807, 2.05) is 0 Å². The second-order valence-corrected chi connectivity index (χ2v) is 5.93. The average Bonchev–Trinajstić information content (AvgIpc) is 2.66. The number of hydrogen-bond donors (Lipinski definition) is 0. The monoisotopic (exact) mass is 432 g/mol. The molecule has 11 heteroatoms. The van der Waals surface area contributed by atoms with Gasteiger partial charge in [-0.2, -0.15) is 0 Å². The van der Waals surface area contributed by atoms with Crippen LogP contribution in [-0.2, 0) is 42.9 Å². The summed E-state index contributed by atoms with van der Waals surface area (Å²) in [4.78, 5) is 62.1. The fourth-order valence-corrected chi connectivity index (χ4v) is 2.36. The first kappa shape index (κ1) is 27.3. The minimum atomic E-state index is -0.662. The van der Waals surface area contributed by atoms with Gasteiger partial charge in [0, 0.05) is 13.0 Å². The molecule has 0 N–H and O–H groups in total. The molecule has 0 saturated heterocycles. The molecule has 0 heterocycles. The molecule has 0 aromatic rings. The van der Waals surface area contributed by atoms with Crippen molar-refractivity contribution in [3.63, 3.8) is 0 Å². The van der Waals surface area contributed by atoms with Crippen LogP contribution in [0.5, 0.6) is 0 Å². The van der Waals surface area contributed by atoms with E-state index in [4.69, 9.17) is 18.9 Å². The van der Waals surface area contributed by atoms with Gasteiger partial charge < -0.3 is 23.8 Å². The second-order valence-electron chi connectivity index (χ2n) is 5.93. The van der Waals surface area contributed by atoms with Gasteiger partial charge in [0.25, 0.3) is 0 Å². The lowest BCUT2D eigenvalue weighted by molar-refractivity contribution is -0.154. The van der Waals surface area contributed by atoms with E-state index in [-0.39, 0.29) is 52.5 Å². The summed E-state index contributed by atoms with van der Waals surface area (Å²) in [5, 5.41) is 0. The SMILES string of the molecule is CCOC(=O)CN(CCC(=O)N(CC(=O)OCC)CC(=O)OCC)CC(=O)OCC. The Morgan fingerprint density at radius 3 is 1.23 bits per heavy atom. The zero-order valence-corrected chi connectivity index (χ0v) is 18.1. The molecular formula is C19H32N2O9. The smallest absolute Gasteiger partial charge is 0.325 e. The summed E-state index contributed by atoms with van der Waals surface area (Å²) in [5.74, 6) is -2.96. The van der Waals surface area contributed by atoms with Crippen LogP contribution in [0.4, 0.5) is 0 Å². The predicted molar refractivity (Wildman–Crippen MR) is 104 cm³/mol. The van der Waals surface area contributed by atoms with E-state index in [2.05, 4.69) is 0 Å². The van der Waals surface area contributed by atoms with Gasteiger partial charge in [-0.25, -0.2) is 0 Å². The van der Waals surface area contributed by atoms with E-state index in [0.29, 0.717) is 0 Å². The first-order valence-electron chi connectivity index (χ1n) is 9.89. The molecule has 0 radical (unpaired) electrons. The highest BCUT2D eigenvalue weighted by Crippen LogP contribution is 2.02. The van der Waals surface area contributed by atoms with Crippen molar-refractivity contribution in [3.8, 4) is 0 Å². The number of ether oxygens (including phenoxy) is 4. The van der Waals surface area contributed by atoms with Gasteiger partial charge in [0.05, 0.1) is 39.5 Å². The van der Waals surface area contributed by atoms with E-state index >= 15 is 0 Å². The quantitative estimate of drug-likeness (QED) is 0.252. The Labute approximate surface area is 176 Å². The van der Waals surface area contributed by atoms with Crippen LogP contribution in [0.1, 0.15) is 34.1 Å². The zero-order chi connectivity index (χ0) is 22.9. The predicted octanol–water partition coefficient (Wildman–Crippen LogP) is -0.240. The van der Waals surface area contributed by atoms with Crippen molar-refractivity contribution in [1.82, 2.24) is 9.80 Å². The van der Waals surface area contributed by atoms with Gasteiger partial charge >= 0.3 is 23.9 Å². The molecule has 0 bridgehead atoms. The normalized spacial score (nSPS) is 10.3. The molecule has 0 unspecified atom stereocenters. The molecular weight excluding hydrogens is 400 g/mol. The maximum Gasteiger partial charge on any atom is 0.325 e. The van der Waals surface area contributed by atoms with Crippen molar-refractivity contribution in [1.29, 1.82) is 0 Å². The maximum atomic E-state index is 12.6. The molecule has 1 amide bonds. The average molecular weight is 432 g/mol. The van der Waals surface area contributed by atoms with Gasteiger partial charge in [0.2, 0.25) is 5.91 Å². The van der Waals surface area contributed by atoms with Gasteiger partial charge in [0.1, 0.15) is 13.1 Å². The second kappa shape index (κ2) is 16.1. The minimum absolute atomic E-state index is 0.0125. The molecule has 30 heavy (non-hydrogen) atoms. The van der Waals surface area contributed by atoms with E-state index < -0.39 is 42.9 Å². The van der Waals surface area contributed by atoms with Crippen molar-refractivity contribution < 1.29 is 42.9 Å². The number of hydrogen-bond acceptors (Lipinski definition) is 10. The molecule has 0 aromatic carbocycles. The summed E-state index contributed by atoms with van der Waals surface area (Å²) in [6.07, 6.45) is -0.155. The van der Waals surface area contributed by atoms with Crippen molar-refractivity contribution in [2.24, 2.45) is 0 Å². The van der Waals surface area contributed by atoms with Gasteiger partial charge in [-0.15, -0.1) is 0 Å². The topological polar surface area (TPSA) is 129 Å². The van der Waals surface area contributed by atoms with Crippen LogP contribution in [0, 0.1) is 0 Å². The van der Waals surface area contributed by atoms with Crippen molar-refractivity contribution in [2.75, 3.05) is 59.2 Å². The van der Waals surface area contributed by atoms with Gasteiger partial charge in [-0.3, -0.25) is 28.9 Å². The van der Waals surface area contributed by atoms with E-state index in [0.717, 1.165) is 4.90 Å². The lowest BCUT2D eigenvalue weighted by atomic mass is 10.3. The van der Waals surface area contributed by atoms with E-state index in [1.54, 1.807) is 27.7 Å². The number of rotatable bonds is 15. The fraction of sp³-hybridized carbons (Fsp3) is 0.737. The molecule has 0 saturated carbocycles. The molecule has 0 aliphatic heterocycles. The number of esters is 4. The molecule has 0 rings (SSSR count). The van der Waals surface area contributed by atoms with Crippen LogP contribution < -0.4 is 0 Å². The highest BCUT2D eigenvalue weighted by atomic mass is 16.5. The Morgan fingerprint density at radius 2 is 0.900 bits per heavy atom. The number of nitrogens with zero attached hydrogens (tertiary/aromatic N) is 2. The Bertz CT molecular complexity index is 540. The molecule has 0 fully saturated rings. The first-order chi connectivity index (χ1) is 14.3. The fourth-order valence-electron chi connectivity index (χ4n) is 2.36. The summed E-state index contributed by atoms with van der Waals surface area (Å²) in [6.45, 7) is 5.93. The molecule has 0 aromatic heterocycles. The summed E-state index contributed by atoms with van der Waals surface area (Å²) < 4.78 is 19.4. The Kier molecular flexibility index (Phi) is 14.7. The molecule has 172 valence electrons. The van der Waals surface area contributed by atoms with Crippen molar-refractivity contribution in [2.45, 2.75) is 34.1 Å². The van der Waals surface area contributed by atoms with Crippen molar-refractivity contribution >= 4 is 29.8 Å². The Balaban J connectivity index is 5.07. The lowest BCUT2D eigenvalue weighted by Gasteiger charge is -2.24. The van der Waals surface area contributed by atoms with Crippen LogP contribution in [0.3, 0.4) is 0 Å². The summed E-state index contributed by atoms with van der Waals surface area (Å²) in [5.41, 5.74) is 0. The largest absolute Gasteiger partial charge is 0.465 e. The summed E-state index contributed by atoms with van der Waals surface area (Å²) in [7, 11) is 0. The highest BCUT2D eigenvalue weighted by Gasteiger charge is 2.23. The van der Waals surface area contributed by atoms with Crippen LogP contribution in [0.25, 0.3) is 0 Å².